The highest BCUT2D eigenvalue weighted by Gasteiger charge is 2.02. The predicted molar refractivity (Wildman–Crippen MR) is 95.9 cm³/mol. The molecule has 0 aliphatic heterocycles. The van der Waals surface area contributed by atoms with Crippen LogP contribution in [0.2, 0.25) is 0 Å². The van der Waals surface area contributed by atoms with Gasteiger partial charge in [0.05, 0.1) is 28.4 Å². The zero-order valence-electron chi connectivity index (χ0n) is 12.1. The maximum absolute atomic E-state index is 5.77. The minimum absolute atomic E-state index is 0. The van der Waals surface area contributed by atoms with E-state index in [-0.39, 0.29) is 12.4 Å². The molecule has 3 nitrogen and oxygen atoms in total. The third-order valence-electron chi connectivity index (χ3n) is 3.41. The van der Waals surface area contributed by atoms with Crippen LogP contribution in [0.25, 0.3) is 11.0 Å². The molecule has 0 aliphatic carbocycles. The number of aromatic nitrogens is 2. The monoisotopic (exact) mass is 380 g/mol. The molecule has 0 spiro atoms. The van der Waals surface area contributed by atoms with Crippen LogP contribution in [-0.4, -0.2) is 16.2 Å². The number of hydrogen-bond acceptors (Lipinski definition) is 2. The standard InChI is InChI=1S/C17H17BrN2O.ClH/c18-14-7-1-4-10-17(14)21-12-6-5-11-20-13-19-15-8-2-3-9-16(15)20;/h1-4,7-10,13H,5-6,11-12H2;1H. The molecular weight excluding hydrogens is 364 g/mol. The van der Waals surface area contributed by atoms with Gasteiger partial charge in [-0.3, -0.25) is 0 Å². The van der Waals surface area contributed by atoms with Gasteiger partial charge in [0.25, 0.3) is 0 Å². The van der Waals surface area contributed by atoms with E-state index in [1.54, 1.807) is 0 Å². The molecule has 0 fully saturated rings. The van der Waals surface area contributed by atoms with Gasteiger partial charge in [-0.1, -0.05) is 24.3 Å². The second-order valence-electron chi connectivity index (χ2n) is 4.91. The first-order valence-electron chi connectivity index (χ1n) is 7.12. The lowest BCUT2D eigenvalue weighted by Gasteiger charge is -2.08. The first kappa shape index (κ1) is 16.8. The second kappa shape index (κ2) is 8.20. The average Bonchev–Trinajstić information content (AvgIpc) is 2.92. The molecule has 116 valence electrons. The van der Waals surface area contributed by atoms with E-state index < -0.39 is 0 Å². The largest absolute Gasteiger partial charge is 0.492 e. The summed E-state index contributed by atoms with van der Waals surface area (Å²) in [4.78, 5) is 4.40. The zero-order valence-corrected chi connectivity index (χ0v) is 14.5. The Hall–Kier alpha value is -1.52. The molecule has 1 aromatic heterocycles. The molecule has 0 saturated carbocycles. The number of nitrogens with zero attached hydrogens (tertiary/aromatic N) is 2. The van der Waals surface area contributed by atoms with Crippen LogP contribution in [0.4, 0.5) is 0 Å². The third kappa shape index (κ3) is 4.02. The summed E-state index contributed by atoms with van der Waals surface area (Å²) in [7, 11) is 0. The molecule has 3 aromatic rings. The van der Waals surface area contributed by atoms with Gasteiger partial charge in [-0.05, 0) is 53.0 Å². The lowest BCUT2D eigenvalue weighted by Crippen LogP contribution is -2.01. The van der Waals surface area contributed by atoms with E-state index in [1.165, 1.54) is 5.52 Å². The molecule has 5 heteroatoms. The summed E-state index contributed by atoms with van der Waals surface area (Å²) in [5, 5.41) is 0. The van der Waals surface area contributed by atoms with Crippen LogP contribution in [0.1, 0.15) is 12.8 Å². The lowest BCUT2D eigenvalue weighted by atomic mass is 10.3. The van der Waals surface area contributed by atoms with Crippen LogP contribution in [0, 0.1) is 0 Å². The topological polar surface area (TPSA) is 27.1 Å². The Kier molecular flexibility index (Phi) is 6.28. The molecule has 0 aliphatic rings. The molecule has 0 saturated heterocycles. The Morgan fingerprint density at radius 1 is 1.00 bits per heavy atom. The van der Waals surface area contributed by atoms with Crippen LogP contribution >= 0.6 is 28.3 Å². The van der Waals surface area contributed by atoms with Crippen molar-refractivity contribution in [3.05, 3.63) is 59.3 Å². The molecule has 22 heavy (non-hydrogen) atoms. The molecule has 0 amide bonds. The van der Waals surface area contributed by atoms with E-state index in [9.17, 15) is 0 Å². The minimum atomic E-state index is 0. The summed E-state index contributed by atoms with van der Waals surface area (Å²) in [5.41, 5.74) is 2.26. The average molecular weight is 382 g/mol. The Labute approximate surface area is 144 Å². The number of imidazole rings is 1. The van der Waals surface area contributed by atoms with Crippen LogP contribution in [0.3, 0.4) is 0 Å². The highest BCUT2D eigenvalue weighted by Crippen LogP contribution is 2.23. The van der Waals surface area contributed by atoms with Gasteiger partial charge in [-0.15, -0.1) is 12.4 Å². The van der Waals surface area contributed by atoms with Gasteiger partial charge in [-0.2, -0.15) is 0 Å². The third-order valence-corrected chi connectivity index (χ3v) is 4.07. The summed E-state index contributed by atoms with van der Waals surface area (Å²) < 4.78 is 8.98. The van der Waals surface area contributed by atoms with Crippen molar-refractivity contribution in [3.63, 3.8) is 0 Å². The van der Waals surface area contributed by atoms with E-state index in [2.05, 4.69) is 37.6 Å². The van der Waals surface area contributed by atoms with Crippen LogP contribution in [0.5, 0.6) is 5.75 Å². The van der Waals surface area contributed by atoms with E-state index in [1.807, 2.05) is 42.7 Å². The van der Waals surface area contributed by atoms with Gasteiger partial charge < -0.3 is 9.30 Å². The van der Waals surface area contributed by atoms with Gasteiger partial charge in [0.15, 0.2) is 0 Å². The highest BCUT2D eigenvalue weighted by atomic mass is 79.9. The molecule has 0 N–H and O–H groups in total. The van der Waals surface area contributed by atoms with Gasteiger partial charge >= 0.3 is 0 Å². The van der Waals surface area contributed by atoms with Crippen LogP contribution < -0.4 is 4.74 Å². The van der Waals surface area contributed by atoms with Crippen molar-refractivity contribution in [3.8, 4) is 5.75 Å². The lowest BCUT2D eigenvalue weighted by molar-refractivity contribution is 0.302. The Morgan fingerprint density at radius 3 is 2.64 bits per heavy atom. The quantitative estimate of drug-likeness (QED) is 0.557. The van der Waals surface area contributed by atoms with Crippen molar-refractivity contribution >= 4 is 39.4 Å². The smallest absolute Gasteiger partial charge is 0.133 e. The van der Waals surface area contributed by atoms with Gasteiger partial charge in [0.1, 0.15) is 5.75 Å². The number of para-hydroxylation sites is 3. The van der Waals surface area contributed by atoms with E-state index in [0.29, 0.717) is 0 Å². The second-order valence-corrected chi connectivity index (χ2v) is 5.77. The van der Waals surface area contributed by atoms with Crippen molar-refractivity contribution in [1.29, 1.82) is 0 Å². The van der Waals surface area contributed by atoms with Crippen molar-refractivity contribution in [1.82, 2.24) is 9.55 Å². The number of benzene rings is 2. The molecule has 0 unspecified atom stereocenters. The summed E-state index contributed by atoms with van der Waals surface area (Å²) in [5.74, 6) is 0.908. The van der Waals surface area contributed by atoms with E-state index in [4.69, 9.17) is 4.74 Å². The molecule has 2 aromatic carbocycles. The summed E-state index contributed by atoms with van der Waals surface area (Å²) in [6.45, 7) is 1.70. The molecular formula is C17H18BrClN2O. The Balaban J connectivity index is 0.00000176. The number of unbranched alkanes of at least 4 members (excludes halogenated alkanes) is 1. The maximum Gasteiger partial charge on any atom is 0.133 e. The Morgan fingerprint density at radius 2 is 1.77 bits per heavy atom. The minimum Gasteiger partial charge on any atom is -0.492 e. The number of rotatable bonds is 6. The van der Waals surface area contributed by atoms with E-state index in [0.717, 1.165) is 41.7 Å². The molecule has 0 bridgehead atoms. The first-order chi connectivity index (χ1) is 10.3. The molecule has 0 radical (unpaired) electrons. The molecule has 1 heterocycles. The fraction of sp³-hybridized carbons (Fsp3) is 0.235. The van der Waals surface area contributed by atoms with Crippen molar-refractivity contribution in [2.45, 2.75) is 19.4 Å². The van der Waals surface area contributed by atoms with Gasteiger partial charge in [0.2, 0.25) is 0 Å². The number of ether oxygens (including phenoxy) is 1. The summed E-state index contributed by atoms with van der Waals surface area (Å²) in [6.07, 6.45) is 4.01. The molecule has 3 rings (SSSR count). The van der Waals surface area contributed by atoms with Crippen molar-refractivity contribution < 1.29 is 4.74 Å². The fourth-order valence-electron chi connectivity index (χ4n) is 2.32. The normalized spacial score (nSPS) is 10.4. The summed E-state index contributed by atoms with van der Waals surface area (Å²) in [6, 6.07) is 16.2. The maximum atomic E-state index is 5.77. The van der Waals surface area contributed by atoms with Crippen molar-refractivity contribution in [2.75, 3.05) is 6.61 Å². The van der Waals surface area contributed by atoms with Crippen LogP contribution in [0.15, 0.2) is 59.3 Å². The van der Waals surface area contributed by atoms with Crippen molar-refractivity contribution in [2.24, 2.45) is 0 Å². The predicted octanol–water partition coefficient (Wildman–Crippen LogP) is 5.08. The number of hydrogen-bond donors (Lipinski definition) is 0. The fourth-order valence-corrected chi connectivity index (χ4v) is 2.72. The highest BCUT2D eigenvalue weighted by molar-refractivity contribution is 9.10. The molecule has 0 atom stereocenters. The Bertz CT molecular complexity index is 729. The number of aryl methyl sites for hydroxylation is 1. The van der Waals surface area contributed by atoms with Crippen LogP contribution in [-0.2, 0) is 6.54 Å². The number of fused-ring (bicyclic) bond motifs is 1. The summed E-state index contributed by atoms with van der Waals surface area (Å²) >= 11 is 3.49. The zero-order chi connectivity index (χ0) is 14.5. The number of halogens is 2. The van der Waals surface area contributed by atoms with E-state index >= 15 is 0 Å². The first-order valence-corrected chi connectivity index (χ1v) is 7.91. The van der Waals surface area contributed by atoms with Gasteiger partial charge in [-0.25, -0.2) is 4.98 Å². The SMILES string of the molecule is Brc1ccccc1OCCCCn1cnc2ccccc21.Cl. The van der Waals surface area contributed by atoms with Gasteiger partial charge in [0, 0.05) is 6.54 Å².